The molecule has 1 aromatic rings. The monoisotopic (exact) mass is 287 g/mol. The molecule has 3 nitrogen and oxygen atoms in total. The molecule has 0 saturated carbocycles. The number of carbonyl (C=O) groups is 1. The molecule has 1 aliphatic rings. The summed E-state index contributed by atoms with van der Waals surface area (Å²) >= 11 is 12.1. The van der Waals surface area contributed by atoms with E-state index >= 15 is 0 Å². The highest BCUT2D eigenvalue weighted by molar-refractivity contribution is 6.39. The number of aliphatic hydroxyl groups is 1. The van der Waals surface area contributed by atoms with Crippen LogP contribution in [0.2, 0.25) is 10.0 Å². The van der Waals surface area contributed by atoms with E-state index < -0.39 is 0 Å². The molecule has 1 aliphatic heterocycles. The Hall–Kier alpha value is -0.770. The molecule has 1 unspecified atom stereocenters. The molecule has 1 amide bonds. The van der Waals surface area contributed by atoms with Gasteiger partial charge < -0.3 is 10.0 Å². The highest BCUT2D eigenvalue weighted by atomic mass is 35.5. The van der Waals surface area contributed by atoms with Gasteiger partial charge in [0.2, 0.25) is 0 Å². The number of nitrogens with zero attached hydrogens (tertiary/aromatic N) is 1. The van der Waals surface area contributed by atoms with Crippen LogP contribution < -0.4 is 0 Å². The van der Waals surface area contributed by atoms with Gasteiger partial charge in [0.1, 0.15) is 0 Å². The van der Waals surface area contributed by atoms with Crippen LogP contribution in [0.5, 0.6) is 0 Å². The predicted octanol–water partition coefficient (Wildman–Crippen LogP) is 2.84. The third kappa shape index (κ3) is 2.79. The lowest BCUT2D eigenvalue weighted by molar-refractivity contribution is 0.0785. The Morgan fingerprint density at radius 1 is 1.39 bits per heavy atom. The molecule has 1 aromatic carbocycles. The molecule has 1 saturated heterocycles. The molecule has 0 spiro atoms. The summed E-state index contributed by atoms with van der Waals surface area (Å²) < 4.78 is 0. The maximum Gasteiger partial charge on any atom is 0.256 e. The minimum absolute atomic E-state index is 0.119. The molecule has 2 rings (SSSR count). The van der Waals surface area contributed by atoms with Gasteiger partial charge in [-0.3, -0.25) is 4.79 Å². The Morgan fingerprint density at radius 3 is 2.67 bits per heavy atom. The van der Waals surface area contributed by atoms with Crippen molar-refractivity contribution < 1.29 is 9.90 Å². The van der Waals surface area contributed by atoms with Crippen LogP contribution in [0.25, 0.3) is 0 Å². The van der Waals surface area contributed by atoms with Gasteiger partial charge in [-0.25, -0.2) is 0 Å². The lowest BCUT2D eigenvalue weighted by Crippen LogP contribution is -2.29. The first kappa shape index (κ1) is 13.7. The van der Waals surface area contributed by atoms with Crippen LogP contribution >= 0.6 is 23.2 Å². The zero-order valence-electron chi connectivity index (χ0n) is 9.90. The molecule has 1 atom stereocenters. The van der Waals surface area contributed by atoms with E-state index in [1.165, 1.54) is 0 Å². The van der Waals surface area contributed by atoms with Crippen LogP contribution in [0.1, 0.15) is 23.2 Å². The maximum atomic E-state index is 12.3. The third-order valence-corrected chi connectivity index (χ3v) is 3.92. The van der Waals surface area contributed by atoms with E-state index in [4.69, 9.17) is 28.3 Å². The van der Waals surface area contributed by atoms with Gasteiger partial charge in [-0.05, 0) is 30.9 Å². The quantitative estimate of drug-likeness (QED) is 0.929. The fraction of sp³-hybridized carbons (Fsp3) is 0.462. The summed E-state index contributed by atoms with van der Waals surface area (Å²) in [6.07, 6.45) is 1.66. The second-order valence-corrected chi connectivity index (χ2v) is 5.33. The average molecular weight is 288 g/mol. The number of hydrogen-bond acceptors (Lipinski definition) is 2. The van der Waals surface area contributed by atoms with Crippen LogP contribution in [-0.2, 0) is 0 Å². The van der Waals surface area contributed by atoms with Crippen LogP contribution in [0.4, 0.5) is 0 Å². The number of likely N-dealkylation sites (tertiary alicyclic amines) is 1. The molecule has 98 valence electrons. The summed E-state index contributed by atoms with van der Waals surface area (Å²) in [6, 6.07) is 5.06. The Labute approximate surface area is 116 Å². The van der Waals surface area contributed by atoms with Gasteiger partial charge in [-0.2, -0.15) is 0 Å². The van der Waals surface area contributed by atoms with Crippen molar-refractivity contribution in [3.05, 3.63) is 33.8 Å². The van der Waals surface area contributed by atoms with Crippen molar-refractivity contribution in [1.29, 1.82) is 0 Å². The number of amides is 1. The summed E-state index contributed by atoms with van der Waals surface area (Å²) in [6.45, 7) is 1.53. The molecular weight excluding hydrogens is 273 g/mol. The van der Waals surface area contributed by atoms with E-state index in [9.17, 15) is 4.79 Å². The zero-order valence-corrected chi connectivity index (χ0v) is 11.4. The first-order chi connectivity index (χ1) is 8.63. The van der Waals surface area contributed by atoms with Crippen LogP contribution in [-0.4, -0.2) is 35.6 Å². The standard InChI is InChI=1S/C13H15Cl2NO2/c14-10-2-1-3-11(15)12(10)13(18)16-6-4-9(8-16)5-7-17/h1-3,9,17H,4-8H2. The molecular formula is C13H15Cl2NO2. The number of halogens is 2. The van der Waals surface area contributed by atoms with E-state index in [-0.39, 0.29) is 12.5 Å². The van der Waals surface area contributed by atoms with Crippen LogP contribution in [0.15, 0.2) is 18.2 Å². The van der Waals surface area contributed by atoms with Crippen LogP contribution in [0.3, 0.4) is 0 Å². The van der Waals surface area contributed by atoms with E-state index in [1.54, 1.807) is 23.1 Å². The van der Waals surface area contributed by atoms with E-state index in [0.717, 1.165) is 12.8 Å². The molecule has 0 aromatic heterocycles. The van der Waals surface area contributed by atoms with E-state index in [0.29, 0.717) is 34.6 Å². The predicted molar refractivity (Wildman–Crippen MR) is 72.2 cm³/mol. The second-order valence-electron chi connectivity index (χ2n) is 4.51. The Morgan fingerprint density at radius 2 is 2.06 bits per heavy atom. The first-order valence-electron chi connectivity index (χ1n) is 5.97. The lowest BCUT2D eigenvalue weighted by atomic mass is 10.1. The largest absolute Gasteiger partial charge is 0.396 e. The summed E-state index contributed by atoms with van der Waals surface area (Å²) in [5.41, 5.74) is 0.380. The second kappa shape index (κ2) is 5.91. The first-order valence-corrected chi connectivity index (χ1v) is 6.73. The zero-order chi connectivity index (χ0) is 13.1. The molecule has 1 fully saturated rings. The minimum atomic E-state index is -0.119. The summed E-state index contributed by atoms with van der Waals surface area (Å²) in [5.74, 6) is 0.256. The number of benzene rings is 1. The maximum absolute atomic E-state index is 12.3. The normalized spacial score (nSPS) is 19.3. The van der Waals surface area contributed by atoms with Gasteiger partial charge in [-0.15, -0.1) is 0 Å². The van der Waals surface area contributed by atoms with Gasteiger partial charge in [0.05, 0.1) is 15.6 Å². The van der Waals surface area contributed by atoms with Gasteiger partial charge in [0, 0.05) is 19.7 Å². The fourth-order valence-electron chi connectivity index (χ4n) is 2.30. The molecule has 1 N–H and O–H groups in total. The van der Waals surface area contributed by atoms with Gasteiger partial charge in [0.15, 0.2) is 0 Å². The van der Waals surface area contributed by atoms with E-state index in [2.05, 4.69) is 0 Å². The van der Waals surface area contributed by atoms with Crippen molar-refractivity contribution in [2.24, 2.45) is 5.92 Å². The minimum Gasteiger partial charge on any atom is -0.396 e. The summed E-state index contributed by atoms with van der Waals surface area (Å²) in [5, 5.41) is 9.69. The highest BCUT2D eigenvalue weighted by Crippen LogP contribution is 2.28. The van der Waals surface area contributed by atoms with Crippen molar-refractivity contribution in [1.82, 2.24) is 4.90 Å². The average Bonchev–Trinajstić information content (AvgIpc) is 2.78. The SMILES string of the molecule is O=C(c1c(Cl)cccc1Cl)N1CCC(CCO)C1. The number of hydrogen-bond donors (Lipinski definition) is 1. The van der Waals surface area contributed by atoms with Crippen molar-refractivity contribution >= 4 is 29.1 Å². The molecule has 18 heavy (non-hydrogen) atoms. The van der Waals surface area contributed by atoms with Gasteiger partial charge in [0.25, 0.3) is 5.91 Å². The number of aliphatic hydroxyl groups excluding tert-OH is 1. The molecule has 0 bridgehead atoms. The summed E-state index contributed by atoms with van der Waals surface area (Å²) in [7, 11) is 0. The Balaban J connectivity index is 2.13. The van der Waals surface area contributed by atoms with Crippen LogP contribution in [0, 0.1) is 5.92 Å². The Kier molecular flexibility index (Phi) is 4.49. The lowest BCUT2D eigenvalue weighted by Gasteiger charge is -2.18. The number of rotatable bonds is 3. The van der Waals surface area contributed by atoms with Crippen molar-refractivity contribution in [2.45, 2.75) is 12.8 Å². The summed E-state index contributed by atoms with van der Waals surface area (Å²) in [4.78, 5) is 14.1. The smallest absolute Gasteiger partial charge is 0.256 e. The highest BCUT2D eigenvalue weighted by Gasteiger charge is 2.28. The Bertz CT molecular complexity index is 430. The number of carbonyl (C=O) groups excluding carboxylic acids is 1. The molecule has 0 aliphatic carbocycles. The third-order valence-electron chi connectivity index (χ3n) is 3.29. The van der Waals surface area contributed by atoms with Crippen molar-refractivity contribution in [2.75, 3.05) is 19.7 Å². The topological polar surface area (TPSA) is 40.5 Å². The van der Waals surface area contributed by atoms with Crippen molar-refractivity contribution in [3.63, 3.8) is 0 Å². The fourth-order valence-corrected chi connectivity index (χ4v) is 2.85. The van der Waals surface area contributed by atoms with Gasteiger partial charge in [-0.1, -0.05) is 29.3 Å². The van der Waals surface area contributed by atoms with E-state index in [1.807, 2.05) is 0 Å². The molecule has 0 radical (unpaired) electrons. The van der Waals surface area contributed by atoms with Gasteiger partial charge >= 0.3 is 0 Å². The molecule has 1 heterocycles. The molecule has 5 heteroatoms. The van der Waals surface area contributed by atoms with Crippen molar-refractivity contribution in [3.8, 4) is 0 Å².